The number of nitrogens with one attached hydrogen (secondary N) is 2. The van der Waals surface area contributed by atoms with Crippen molar-refractivity contribution < 1.29 is 33.7 Å². The molecule has 1 heterocycles. The van der Waals surface area contributed by atoms with Crippen LogP contribution in [0.2, 0.25) is 0 Å². The van der Waals surface area contributed by atoms with E-state index in [9.17, 15) is 19.5 Å². The number of hydrogen-bond acceptors (Lipinski definition) is 7. The summed E-state index contributed by atoms with van der Waals surface area (Å²) < 4.78 is 17.9. The standard InChI is InChI=1S/C38H50N4O7/c1-26-23-42(27(2)25-43)37(45)33-22-31(39-36(44)21-29-12-7-6-8-13-29)16-19-34(33)49-28(3)11-9-10-20-48-35(26)24-41(4)38(46)40-30-14-17-32(47-5)18-15-30/h6-8,12-19,22,26-28,35,43H,9-11,20-21,23-25H2,1-5H3,(H,39,44)(H,40,46)/t26-,27+,28+,35-/m1/s1. The van der Waals surface area contributed by atoms with Gasteiger partial charge in [-0.15, -0.1) is 0 Å². The predicted molar refractivity (Wildman–Crippen MR) is 190 cm³/mol. The molecular formula is C38H50N4O7. The lowest BCUT2D eigenvalue weighted by Gasteiger charge is -2.35. The minimum Gasteiger partial charge on any atom is -0.497 e. The molecule has 3 N–H and O–H groups in total. The third-order valence-corrected chi connectivity index (χ3v) is 8.68. The van der Waals surface area contributed by atoms with Crippen molar-refractivity contribution in [3.05, 3.63) is 83.9 Å². The zero-order valence-electron chi connectivity index (χ0n) is 29.2. The van der Waals surface area contributed by atoms with Gasteiger partial charge in [-0.1, -0.05) is 37.3 Å². The molecule has 4 amide bonds. The average molecular weight is 675 g/mol. The van der Waals surface area contributed by atoms with Gasteiger partial charge >= 0.3 is 6.03 Å². The van der Waals surface area contributed by atoms with E-state index in [0.29, 0.717) is 35.0 Å². The van der Waals surface area contributed by atoms with Gasteiger partial charge in [-0.25, -0.2) is 4.79 Å². The van der Waals surface area contributed by atoms with Crippen molar-refractivity contribution in [2.45, 2.75) is 64.7 Å². The lowest BCUT2D eigenvalue weighted by atomic mass is 10.0. The Morgan fingerprint density at radius 1 is 1.02 bits per heavy atom. The van der Waals surface area contributed by atoms with Crippen LogP contribution in [0, 0.1) is 5.92 Å². The van der Waals surface area contributed by atoms with Crippen LogP contribution in [0.1, 0.15) is 56.0 Å². The maximum Gasteiger partial charge on any atom is 0.321 e. The number of carbonyl (C=O) groups is 3. The largest absolute Gasteiger partial charge is 0.497 e. The highest BCUT2D eigenvalue weighted by molar-refractivity contribution is 6.00. The average Bonchev–Trinajstić information content (AvgIpc) is 3.10. The van der Waals surface area contributed by atoms with E-state index in [-0.39, 0.29) is 56.0 Å². The third-order valence-electron chi connectivity index (χ3n) is 8.68. The van der Waals surface area contributed by atoms with Gasteiger partial charge in [0.25, 0.3) is 5.91 Å². The SMILES string of the molecule is COc1ccc(NC(=O)N(C)C[C@H]2OCCCC[C@H](C)Oc3ccc(NC(=O)Cc4ccccc4)cc3C(=O)N([C@@H](C)CO)C[C@H]2C)cc1. The van der Waals surface area contributed by atoms with Crippen LogP contribution in [0.25, 0.3) is 0 Å². The summed E-state index contributed by atoms with van der Waals surface area (Å²) in [6.07, 6.45) is 2.01. The molecule has 1 aliphatic rings. The number of hydrogen-bond donors (Lipinski definition) is 3. The smallest absolute Gasteiger partial charge is 0.321 e. The summed E-state index contributed by atoms with van der Waals surface area (Å²) in [4.78, 5) is 43.6. The Bertz CT molecular complexity index is 1520. The monoisotopic (exact) mass is 674 g/mol. The van der Waals surface area contributed by atoms with Crippen molar-refractivity contribution in [2.75, 3.05) is 51.1 Å². The van der Waals surface area contributed by atoms with Gasteiger partial charge in [-0.3, -0.25) is 9.59 Å². The number of rotatable bonds is 9. The van der Waals surface area contributed by atoms with E-state index in [1.54, 1.807) is 73.3 Å². The second-order valence-electron chi connectivity index (χ2n) is 12.8. The Kier molecular flexibility index (Phi) is 13.8. The van der Waals surface area contributed by atoms with Gasteiger partial charge in [0.05, 0.1) is 44.0 Å². The van der Waals surface area contributed by atoms with Crippen molar-refractivity contribution in [1.82, 2.24) is 9.80 Å². The summed E-state index contributed by atoms with van der Waals surface area (Å²) in [6, 6.07) is 20.8. The fourth-order valence-electron chi connectivity index (χ4n) is 5.70. The van der Waals surface area contributed by atoms with Crippen LogP contribution in [0.4, 0.5) is 16.2 Å². The Morgan fingerprint density at radius 2 is 1.73 bits per heavy atom. The highest BCUT2D eigenvalue weighted by Crippen LogP contribution is 2.29. The summed E-state index contributed by atoms with van der Waals surface area (Å²) in [5.74, 6) is 0.353. The van der Waals surface area contributed by atoms with Gasteiger partial charge in [0, 0.05) is 44.0 Å². The second-order valence-corrected chi connectivity index (χ2v) is 12.8. The number of aliphatic hydroxyl groups excluding tert-OH is 1. The van der Waals surface area contributed by atoms with Gasteiger partial charge < -0.3 is 39.8 Å². The molecule has 4 rings (SSSR count). The van der Waals surface area contributed by atoms with E-state index in [0.717, 1.165) is 24.8 Å². The van der Waals surface area contributed by atoms with Crippen LogP contribution in [0.5, 0.6) is 11.5 Å². The fourth-order valence-corrected chi connectivity index (χ4v) is 5.70. The molecule has 0 saturated heterocycles. The van der Waals surface area contributed by atoms with E-state index in [1.165, 1.54) is 0 Å². The Morgan fingerprint density at radius 3 is 2.43 bits per heavy atom. The number of carbonyl (C=O) groups excluding carboxylic acids is 3. The molecule has 4 atom stereocenters. The minimum atomic E-state index is -0.527. The highest BCUT2D eigenvalue weighted by atomic mass is 16.5. The van der Waals surface area contributed by atoms with Crippen molar-refractivity contribution in [3.8, 4) is 11.5 Å². The molecular weight excluding hydrogens is 624 g/mol. The molecule has 0 radical (unpaired) electrons. The molecule has 264 valence electrons. The first-order valence-electron chi connectivity index (χ1n) is 16.9. The number of anilines is 2. The van der Waals surface area contributed by atoms with Gasteiger partial charge in [0.15, 0.2) is 0 Å². The number of fused-ring (bicyclic) bond motifs is 1. The first-order chi connectivity index (χ1) is 23.6. The lowest BCUT2D eigenvalue weighted by molar-refractivity contribution is -0.115. The number of urea groups is 1. The molecule has 49 heavy (non-hydrogen) atoms. The molecule has 0 aliphatic carbocycles. The molecule has 0 bridgehead atoms. The summed E-state index contributed by atoms with van der Waals surface area (Å²) in [6.45, 7) is 6.50. The molecule has 0 spiro atoms. The topological polar surface area (TPSA) is 130 Å². The molecule has 0 unspecified atom stereocenters. The molecule has 0 fully saturated rings. The van der Waals surface area contributed by atoms with Crippen molar-refractivity contribution in [3.63, 3.8) is 0 Å². The van der Waals surface area contributed by atoms with E-state index < -0.39 is 12.1 Å². The van der Waals surface area contributed by atoms with Gasteiger partial charge in [-0.05, 0) is 81.1 Å². The zero-order valence-corrected chi connectivity index (χ0v) is 29.2. The summed E-state index contributed by atoms with van der Waals surface area (Å²) in [7, 11) is 3.30. The Labute approximate surface area is 289 Å². The first kappa shape index (κ1) is 37.2. The van der Waals surface area contributed by atoms with Gasteiger partial charge in [0.1, 0.15) is 11.5 Å². The molecule has 11 nitrogen and oxygen atoms in total. The summed E-state index contributed by atoms with van der Waals surface area (Å²) in [5, 5.41) is 16.1. The normalized spacial score (nSPS) is 19.4. The molecule has 0 aromatic heterocycles. The van der Waals surface area contributed by atoms with Crippen LogP contribution < -0.4 is 20.1 Å². The van der Waals surface area contributed by atoms with Crippen LogP contribution in [0.15, 0.2) is 72.8 Å². The quantitative estimate of drug-likeness (QED) is 0.260. The van der Waals surface area contributed by atoms with E-state index >= 15 is 0 Å². The summed E-state index contributed by atoms with van der Waals surface area (Å²) >= 11 is 0. The minimum absolute atomic E-state index is 0.181. The highest BCUT2D eigenvalue weighted by Gasteiger charge is 2.31. The van der Waals surface area contributed by atoms with Crippen molar-refractivity contribution >= 4 is 29.2 Å². The van der Waals surface area contributed by atoms with E-state index in [1.807, 2.05) is 44.2 Å². The van der Waals surface area contributed by atoms with Crippen LogP contribution in [-0.4, -0.2) is 91.5 Å². The fraction of sp³-hybridized carbons (Fsp3) is 0.447. The van der Waals surface area contributed by atoms with Gasteiger partial charge in [-0.2, -0.15) is 0 Å². The number of aliphatic hydroxyl groups is 1. The van der Waals surface area contributed by atoms with E-state index in [2.05, 4.69) is 10.6 Å². The van der Waals surface area contributed by atoms with E-state index in [4.69, 9.17) is 14.2 Å². The molecule has 3 aromatic carbocycles. The number of nitrogens with zero attached hydrogens (tertiary/aromatic N) is 2. The molecule has 1 aliphatic heterocycles. The number of benzene rings is 3. The van der Waals surface area contributed by atoms with Crippen molar-refractivity contribution in [1.29, 1.82) is 0 Å². The zero-order chi connectivity index (χ0) is 35.3. The maximum atomic E-state index is 14.4. The molecule has 0 saturated carbocycles. The predicted octanol–water partition coefficient (Wildman–Crippen LogP) is 5.84. The Hall–Kier alpha value is -4.61. The number of likely N-dealkylation sites (N-methyl/N-ethyl adjacent to an activating group) is 1. The third kappa shape index (κ3) is 11.0. The number of methoxy groups -OCH3 is 1. The van der Waals surface area contributed by atoms with Gasteiger partial charge in [0.2, 0.25) is 5.91 Å². The lowest BCUT2D eigenvalue weighted by Crippen LogP contribution is -2.48. The molecule has 3 aromatic rings. The Balaban J connectivity index is 1.56. The second kappa shape index (κ2) is 18.2. The first-order valence-corrected chi connectivity index (χ1v) is 16.9. The number of ether oxygens (including phenoxy) is 3. The summed E-state index contributed by atoms with van der Waals surface area (Å²) in [5.41, 5.74) is 2.28. The van der Waals surface area contributed by atoms with Crippen LogP contribution >= 0.6 is 0 Å². The van der Waals surface area contributed by atoms with Crippen molar-refractivity contribution in [2.24, 2.45) is 5.92 Å². The van der Waals surface area contributed by atoms with Crippen LogP contribution in [0.3, 0.4) is 0 Å². The molecule has 11 heteroatoms. The van der Waals surface area contributed by atoms with Crippen LogP contribution in [-0.2, 0) is 16.0 Å². The number of amides is 4. The maximum absolute atomic E-state index is 14.4.